The Kier molecular flexibility index (Phi) is 7.35. The molecule has 2 aliphatic rings. The van der Waals surface area contributed by atoms with E-state index in [-0.39, 0.29) is 41.6 Å². The molecule has 1 aliphatic heterocycles. The average molecular weight is 486 g/mol. The Labute approximate surface area is 200 Å². The number of hydrogen-bond acceptors (Lipinski definition) is 5. The minimum Gasteiger partial charge on any atom is -0.376 e. The molecular formula is C25H31N3O5S. The normalized spacial score (nSPS) is 18.0. The SMILES string of the molecule is Cc1cccc(NC(=O)CN(CC2CCCO2)C(=O)c2cccc(S(=O)(=O)NC3CC3)c2)c1C. The summed E-state index contributed by atoms with van der Waals surface area (Å²) in [5, 5.41) is 2.90. The van der Waals surface area contributed by atoms with E-state index in [1.165, 1.54) is 17.0 Å². The van der Waals surface area contributed by atoms with E-state index in [2.05, 4.69) is 10.0 Å². The van der Waals surface area contributed by atoms with E-state index in [0.29, 0.717) is 12.3 Å². The number of carbonyl (C=O) groups excluding carboxylic acids is 2. The van der Waals surface area contributed by atoms with Crippen LogP contribution in [0, 0.1) is 13.8 Å². The molecule has 34 heavy (non-hydrogen) atoms. The van der Waals surface area contributed by atoms with Gasteiger partial charge in [-0.05, 0) is 74.9 Å². The van der Waals surface area contributed by atoms with Gasteiger partial charge in [0.15, 0.2) is 0 Å². The molecule has 0 bridgehead atoms. The minimum atomic E-state index is -3.70. The molecule has 182 valence electrons. The van der Waals surface area contributed by atoms with Gasteiger partial charge in [-0.1, -0.05) is 18.2 Å². The topological polar surface area (TPSA) is 105 Å². The molecule has 2 N–H and O–H groups in total. The Bertz CT molecular complexity index is 1170. The van der Waals surface area contributed by atoms with Crippen molar-refractivity contribution >= 4 is 27.5 Å². The molecule has 0 spiro atoms. The molecule has 0 aromatic heterocycles. The zero-order chi connectivity index (χ0) is 24.3. The van der Waals surface area contributed by atoms with Gasteiger partial charge in [0.25, 0.3) is 5.91 Å². The van der Waals surface area contributed by atoms with Crippen molar-refractivity contribution in [2.45, 2.75) is 56.6 Å². The number of amides is 2. The number of rotatable bonds is 9. The van der Waals surface area contributed by atoms with Gasteiger partial charge >= 0.3 is 0 Å². The molecule has 1 aliphatic carbocycles. The predicted molar refractivity (Wildman–Crippen MR) is 129 cm³/mol. The number of carbonyl (C=O) groups is 2. The number of nitrogens with one attached hydrogen (secondary N) is 2. The Hall–Kier alpha value is -2.75. The lowest BCUT2D eigenvalue weighted by atomic mass is 10.1. The largest absolute Gasteiger partial charge is 0.376 e. The van der Waals surface area contributed by atoms with Crippen molar-refractivity contribution in [2.75, 3.05) is 25.0 Å². The second-order valence-electron chi connectivity index (χ2n) is 9.04. The lowest BCUT2D eigenvalue weighted by molar-refractivity contribution is -0.117. The molecule has 1 saturated carbocycles. The van der Waals surface area contributed by atoms with Crippen LogP contribution in [0.1, 0.15) is 47.2 Å². The van der Waals surface area contributed by atoms with Crippen molar-refractivity contribution in [2.24, 2.45) is 0 Å². The van der Waals surface area contributed by atoms with E-state index in [1.54, 1.807) is 12.1 Å². The highest BCUT2D eigenvalue weighted by Crippen LogP contribution is 2.23. The first-order valence-electron chi connectivity index (χ1n) is 11.6. The zero-order valence-electron chi connectivity index (χ0n) is 19.5. The van der Waals surface area contributed by atoms with Gasteiger partial charge in [-0.2, -0.15) is 0 Å². The number of benzene rings is 2. The third kappa shape index (κ3) is 6.02. The lowest BCUT2D eigenvalue weighted by Gasteiger charge is -2.25. The minimum absolute atomic E-state index is 0.0332. The van der Waals surface area contributed by atoms with Crippen molar-refractivity contribution in [3.8, 4) is 0 Å². The molecule has 0 radical (unpaired) electrons. The van der Waals surface area contributed by atoms with Crippen LogP contribution < -0.4 is 10.0 Å². The van der Waals surface area contributed by atoms with Gasteiger partial charge in [0.1, 0.15) is 6.54 Å². The van der Waals surface area contributed by atoms with Gasteiger partial charge in [0, 0.05) is 30.4 Å². The monoisotopic (exact) mass is 485 g/mol. The highest BCUT2D eigenvalue weighted by atomic mass is 32.2. The molecule has 2 amide bonds. The highest BCUT2D eigenvalue weighted by molar-refractivity contribution is 7.89. The summed E-state index contributed by atoms with van der Waals surface area (Å²) < 4.78 is 33.6. The van der Waals surface area contributed by atoms with Crippen LogP contribution in [0.5, 0.6) is 0 Å². The first-order chi connectivity index (χ1) is 16.2. The van der Waals surface area contributed by atoms with Crippen molar-refractivity contribution in [3.63, 3.8) is 0 Å². The molecule has 8 nitrogen and oxygen atoms in total. The molecule has 2 aromatic rings. The number of sulfonamides is 1. The van der Waals surface area contributed by atoms with Gasteiger partial charge in [-0.25, -0.2) is 13.1 Å². The van der Waals surface area contributed by atoms with Crippen LogP contribution >= 0.6 is 0 Å². The van der Waals surface area contributed by atoms with E-state index >= 15 is 0 Å². The van der Waals surface area contributed by atoms with Gasteiger partial charge < -0.3 is 15.0 Å². The predicted octanol–water partition coefficient (Wildman–Crippen LogP) is 3.00. The summed E-state index contributed by atoms with van der Waals surface area (Å²) in [5.74, 6) is -0.727. The third-order valence-electron chi connectivity index (χ3n) is 6.24. The summed E-state index contributed by atoms with van der Waals surface area (Å²) in [6, 6.07) is 11.6. The van der Waals surface area contributed by atoms with Crippen LogP contribution in [0.25, 0.3) is 0 Å². The van der Waals surface area contributed by atoms with E-state index in [4.69, 9.17) is 4.74 Å². The van der Waals surface area contributed by atoms with E-state index in [9.17, 15) is 18.0 Å². The maximum atomic E-state index is 13.4. The van der Waals surface area contributed by atoms with Crippen LogP contribution in [0.15, 0.2) is 47.4 Å². The molecule has 1 atom stereocenters. The van der Waals surface area contributed by atoms with Gasteiger partial charge in [-0.3, -0.25) is 9.59 Å². The summed E-state index contributed by atoms with van der Waals surface area (Å²) in [6.45, 7) is 4.63. The van der Waals surface area contributed by atoms with Crippen molar-refractivity contribution < 1.29 is 22.7 Å². The van der Waals surface area contributed by atoms with Crippen LogP contribution in [-0.2, 0) is 19.6 Å². The molecule has 4 rings (SSSR count). The van der Waals surface area contributed by atoms with E-state index in [0.717, 1.165) is 36.8 Å². The van der Waals surface area contributed by atoms with Crippen LogP contribution in [0.2, 0.25) is 0 Å². The highest BCUT2D eigenvalue weighted by Gasteiger charge is 2.29. The van der Waals surface area contributed by atoms with Crippen molar-refractivity contribution in [3.05, 3.63) is 59.2 Å². The second kappa shape index (κ2) is 10.2. The van der Waals surface area contributed by atoms with Gasteiger partial charge in [-0.15, -0.1) is 0 Å². The summed E-state index contributed by atoms with van der Waals surface area (Å²) in [7, 11) is -3.70. The summed E-state index contributed by atoms with van der Waals surface area (Å²) >= 11 is 0. The molecule has 1 heterocycles. The van der Waals surface area contributed by atoms with Crippen LogP contribution in [0.4, 0.5) is 5.69 Å². The van der Waals surface area contributed by atoms with E-state index in [1.807, 2.05) is 32.0 Å². The van der Waals surface area contributed by atoms with Gasteiger partial charge in [0.05, 0.1) is 11.0 Å². The fourth-order valence-electron chi connectivity index (χ4n) is 3.97. The number of hydrogen-bond donors (Lipinski definition) is 2. The summed E-state index contributed by atoms with van der Waals surface area (Å²) in [4.78, 5) is 27.8. The Morgan fingerprint density at radius 3 is 2.56 bits per heavy atom. The molecule has 2 fully saturated rings. The smallest absolute Gasteiger partial charge is 0.254 e. The quantitative estimate of drug-likeness (QED) is 0.568. The van der Waals surface area contributed by atoms with Crippen LogP contribution in [-0.4, -0.2) is 57.0 Å². The Balaban J connectivity index is 1.53. The van der Waals surface area contributed by atoms with Crippen molar-refractivity contribution in [1.82, 2.24) is 9.62 Å². The Morgan fingerprint density at radius 1 is 1.09 bits per heavy atom. The molecule has 2 aromatic carbocycles. The summed E-state index contributed by atoms with van der Waals surface area (Å²) in [6.07, 6.45) is 3.20. The maximum Gasteiger partial charge on any atom is 0.254 e. The number of aryl methyl sites for hydroxylation is 1. The number of anilines is 1. The number of nitrogens with zero attached hydrogens (tertiary/aromatic N) is 1. The fraction of sp³-hybridized carbons (Fsp3) is 0.440. The third-order valence-corrected chi connectivity index (χ3v) is 7.76. The summed E-state index contributed by atoms with van der Waals surface area (Å²) in [5.41, 5.74) is 2.95. The Morgan fingerprint density at radius 2 is 1.85 bits per heavy atom. The first kappa shape index (κ1) is 24.4. The first-order valence-corrected chi connectivity index (χ1v) is 13.1. The molecule has 9 heteroatoms. The standard InChI is InChI=1S/C25H31N3O5S/c1-17-6-3-10-23(18(17)2)26-24(29)16-28(15-21-8-5-13-33-21)25(30)19-7-4-9-22(14-19)34(31,32)27-20-11-12-20/h3-4,6-7,9-10,14,20-21,27H,5,8,11-13,15-16H2,1-2H3,(H,26,29). The zero-order valence-corrected chi connectivity index (χ0v) is 20.4. The number of ether oxygens (including phenoxy) is 1. The molecule has 1 unspecified atom stereocenters. The van der Waals surface area contributed by atoms with Gasteiger partial charge in [0.2, 0.25) is 15.9 Å². The molecule has 1 saturated heterocycles. The fourth-order valence-corrected chi connectivity index (χ4v) is 5.32. The lowest BCUT2D eigenvalue weighted by Crippen LogP contribution is -2.42. The maximum absolute atomic E-state index is 13.4. The van der Waals surface area contributed by atoms with E-state index < -0.39 is 15.9 Å². The molecular weight excluding hydrogens is 454 g/mol. The van der Waals surface area contributed by atoms with Crippen molar-refractivity contribution in [1.29, 1.82) is 0 Å². The average Bonchev–Trinajstić information content (AvgIpc) is 3.46. The van der Waals surface area contributed by atoms with Crippen LogP contribution in [0.3, 0.4) is 0 Å². The second-order valence-corrected chi connectivity index (χ2v) is 10.8.